The largest absolute Gasteiger partial charge is 0.348 e. The van der Waals surface area contributed by atoms with Gasteiger partial charge in [0.1, 0.15) is 0 Å². The summed E-state index contributed by atoms with van der Waals surface area (Å²) < 4.78 is 0. The summed E-state index contributed by atoms with van der Waals surface area (Å²) in [6, 6.07) is -0.0471. The number of rotatable bonds is 13. The van der Waals surface area contributed by atoms with Gasteiger partial charge < -0.3 is 0 Å². The first-order valence-corrected chi connectivity index (χ1v) is 9.20. The Bertz CT molecular complexity index is 265. The van der Waals surface area contributed by atoms with E-state index in [9.17, 15) is 4.79 Å². The van der Waals surface area contributed by atoms with Gasteiger partial charge in [-0.3, -0.25) is 10.0 Å². The molecular formula is C17H38N4O. The highest BCUT2D eigenvalue weighted by Crippen LogP contribution is 2.09. The molecule has 0 saturated carbocycles. The number of unbranched alkanes of at least 4 members (excludes halogenated alkanes) is 4. The fourth-order valence-electron chi connectivity index (χ4n) is 2.27. The molecular weight excluding hydrogens is 276 g/mol. The smallest absolute Gasteiger partial charge is 0.261 e. The summed E-state index contributed by atoms with van der Waals surface area (Å²) in [5.41, 5.74) is 0. The zero-order chi connectivity index (χ0) is 16.8. The summed E-state index contributed by atoms with van der Waals surface area (Å²) in [5, 5.41) is 5.51. The number of nitrogens with zero attached hydrogens (tertiary/aromatic N) is 3. The van der Waals surface area contributed by atoms with Crippen LogP contribution in [-0.2, 0) is 0 Å². The van der Waals surface area contributed by atoms with E-state index in [0.29, 0.717) is 6.54 Å². The molecule has 5 nitrogen and oxygen atoms in total. The molecule has 0 aromatic heterocycles. The molecule has 0 fully saturated rings. The number of hydrogen-bond acceptors (Lipinski definition) is 3. The molecule has 0 aromatic carbocycles. The van der Waals surface area contributed by atoms with Crippen LogP contribution in [0.4, 0.5) is 4.79 Å². The van der Waals surface area contributed by atoms with E-state index in [-0.39, 0.29) is 6.03 Å². The van der Waals surface area contributed by atoms with Crippen LogP contribution in [0.2, 0.25) is 0 Å². The molecule has 0 unspecified atom stereocenters. The minimum atomic E-state index is -0.0471. The van der Waals surface area contributed by atoms with Crippen LogP contribution < -0.4 is 5.84 Å². The fraction of sp³-hybridized carbons (Fsp3) is 0.941. The Morgan fingerprint density at radius 2 is 1.14 bits per heavy atom. The molecule has 132 valence electrons. The third kappa shape index (κ3) is 8.59. The summed E-state index contributed by atoms with van der Waals surface area (Å²) in [7, 11) is 0. The molecule has 5 heteroatoms. The Morgan fingerprint density at radius 1 is 0.727 bits per heavy atom. The first kappa shape index (κ1) is 21.2. The molecule has 0 rings (SSSR count). The lowest BCUT2D eigenvalue weighted by Gasteiger charge is -2.37. The van der Waals surface area contributed by atoms with Gasteiger partial charge in [-0.25, -0.2) is 15.6 Å². The lowest BCUT2D eigenvalue weighted by Crippen LogP contribution is -2.55. The second-order valence-corrected chi connectivity index (χ2v) is 5.97. The van der Waals surface area contributed by atoms with Crippen LogP contribution in [0.1, 0.15) is 79.1 Å². The lowest BCUT2D eigenvalue weighted by atomic mass is 10.3. The average molecular weight is 315 g/mol. The standard InChI is InChI=1S/C17H38N4O/c1-5-9-13-19(14-10-6-2)21(16-12-8-4)17(22)20(18)15-11-7-3/h5-16,18H2,1-4H3. The highest BCUT2D eigenvalue weighted by Gasteiger charge is 2.23. The quantitative estimate of drug-likeness (QED) is 0.317. The van der Waals surface area contributed by atoms with Crippen LogP contribution in [-0.4, -0.2) is 47.2 Å². The molecule has 0 bridgehead atoms. The number of hydrogen-bond donors (Lipinski definition) is 1. The molecule has 0 aromatic rings. The van der Waals surface area contributed by atoms with Gasteiger partial charge in [-0.15, -0.1) is 0 Å². The number of carbonyl (C=O) groups excluding carboxylic acids is 1. The molecule has 22 heavy (non-hydrogen) atoms. The van der Waals surface area contributed by atoms with Gasteiger partial charge in [0.05, 0.1) is 0 Å². The molecule has 0 aliphatic carbocycles. The normalized spacial score (nSPS) is 11.0. The van der Waals surface area contributed by atoms with Crippen molar-refractivity contribution in [2.24, 2.45) is 5.84 Å². The summed E-state index contributed by atoms with van der Waals surface area (Å²) in [6.45, 7) is 11.9. The number of urea groups is 1. The minimum absolute atomic E-state index is 0.0471. The molecule has 0 radical (unpaired) electrons. The lowest BCUT2D eigenvalue weighted by molar-refractivity contribution is -0.00582. The van der Waals surface area contributed by atoms with Crippen LogP contribution in [0.15, 0.2) is 0 Å². The van der Waals surface area contributed by atoms with E-state index in [1.54, 1.807) is 0 Å². The molecule has 2 N–H and O–H groups in total. The minimum Gasteiger partial charge on any atom is -0.261 e. The van der Waals surface area contributed by atoms with Crippen molar-refractivity contribution in [1.82, 2.24) is 15.0 Å². The highest BCUT2D eigenvalue weighted by atomic mass is 16.2. The topological polar surface area (TPSA) is 52.8 Å². The van der Waals surface area contributed by atoms with Gasteiger partial charge >= 0.3 is 6.03 Å². The Morgan fingerprint density at radius 3 is 1.59 bits per heavy atom. The van der Waals surface area contributed by atoms with E-state index in [2.05, 4.69) is 32.7 Å². The molecule has 0 aliphatic rings. The van der Waals surface area contributed by atoms with E-state index >= 15 is 0 Å². The van der Waals surface area contributed by atoms with Crippen molar-refractivity contribution in [1.29, 1.82) is 0 Å². The maximum absolute atomic E-state index is 12.7. The van der Waals surface area contributed by atoms with Crippen molar-refractivity contribution in [3.05, 3.63) is 0 Å². The predicted octanol–water partition coefficient (Wildman–Crippen LogP) is 4.00. The molecule has 0 saturated heterocycles. The second-order valence-electron chi connectivity index (χ2n) is 5.97. The summed E-state index contributed by atoms with van der Waals surface area (Å²) >= 11 is 0. The van der Waals surface area contributed by atoms with Crippen LogP contribution in [0, 0.1) is 0 Å². The van der Waals surface area contributed by atoms with Gasteiger partial charge in [0.15, 0.2) is 0 Å². The summed E-state index contributed by atoms with van der Waals surface area (Å²) in [4.78, 5) is 12.7. The molecule has 0 aliphatic heterocycles. The van der Waals surface area contributed by atoms with Crippen LogP contribution in [0.25, 0.3) is 0 Å². The van der Waals surface area contributed by atoms with Crippen molar-refractivity contribution in [3.63, 3.8) is 0 Å². The van der Waals surface area contributed by atoms with Gasteiger partial charge in [0, 0.05) is 26.2 Å². The zero-order valence-electron chi connectivity index (χ0n) is 15.3. The van der Waals surface area contributed by atoms with Crippen LogP contribution in [0.3, 0.4) is 0 Å². The number of nitrogens with two attached hydrogens (primary N) is 1. The number of carbonyl (C=O) groups is 1. The van der Waals surface area contributed by atoms with Gasteiger partial charge in [-0.05, 0) is 25.7 Å². The Hall–Kier alpha value is -0.810. The third-order valence-electron chi connectivity index (χ3n) is 3.82. The third-order valence-corrected chi connectivity index (χ3v) is 3.82. The van der Waals surface area contributed by atoms with Crippen LogP contribution in [0.5, 0.6) is 0 Å². The highest BCUT2D eigenvalue weighted by molar-refractivity contribution is 5.73. The monoisotopic (exact) mass is 314 g/mol. The average Bonchev–Trinajstić information content (AvgIpc) is 2.53. The van der Waals surface area contributed by atoms with Gasteiger partial charge in [0.2, 0.25) is 0 Å². The number of hydrazine groups is 2. The Kier molecular flexibility index (Phi) is 13.3. The van der Waals surface area contributed by atoms with E-state index in [1.165, 1.54) is 5.01 Å². The Labute approximate surface area is 137 Å². The van der Waals surface area contributed by atoms with Gasteiger partial charge in [0.25, 0.3) is 0 Å². The predicted molar refractivity (Wildman–Crippen MR) is 94.2 cm³/mol. The maximum atomic E-state index is 12.7. The maximum Gasteiger partial charge on any atom is 0.348 e. The first-order chi connectivity index (χ1) is 10.6. The van der Waals surface area contributed by atoms with Crippen molar-refractivity contribution in [3.8, 4) is 0 Å². The molecule has 0 spiro atoms. The summed E-state index contributed by atoms with van der Waals surface area (Å²) in [6.07, 6.45) is 8.60. The van der Waals surface area contributed by atoms with Crippen molar-refractivity contribution in [2.75, 3.05) is 26.2 Å². The van der Waals surface area contributed by atoms with Gasteiger partial charge in [-0.1, -0.05) is 53.4 Å². The van der Waals surface area contributed by atoms with Crippen molar-refractivity contribution in [2.45, 2.75) is 79.1 Å². The second kappa shape index (κ2) is 13.8. The van der Waals surface area contributed by atoms with Crippen LogP contribution >= 0.6 is 0 Å². The number of amides is 2. The zero-order valence-corrected chi connectivity index (χ0v) is 15.3. The van der Waals surface area contributed by atoms with Crippen molar-refractivity contribution >= 4 is 6.03 Å². The molecule has 0 atom stereocenters. The van der Waals surface area contributed by atoms with E-state index in [4.69, 9.17) is 5.84 Å². The Balaban J connectivity index is 4.86. The molecule has 2 amide bonds. The van der Waals surface area contributed by atoms with Gasteiger partial charge in [-0.2, -0.15) is 0 Å². The first-order valence-electron chi connectivity index (χ1n) is 9.20. The van der Waals surface area contributed by atoms with E-state index in [0.717, 1.165) is 71.0 Å². The van der Waals surface area contributed by atoms with E-state index < -0.39 is 0 Å². The van der Waals surface area contributed by atoms with E-state index in [1.807, 2.05) is 5.01 Å². The fourth-order valence-corrected chi connectivity index (χ4v) is 2.27. The summed E-state index contributed by atoms with van der Waals surface area (Å²) in [5.74, 6) is 5.99. The van der Waals surface area contributed by atoms with Crippen molar-refractivity contribution < 1.29 is 4.79 Å². The molecule has 0 heterocycles. The SMILES string of the molecule is CCCCN(N)C(=O)N(CCCC)N(CCCC)CCCC.